The van der Waals surface area contributed by atoms with E-state index in [2.05, 4.69) is 27.3 Å². The number of nitrogens with one attached hydrogen (secondary N) is 1. The van der Waals surface area contributed by atoms with E-state index in [4.69, 9.17) is 0 Å². The normalized spacial score (nSPS) is 16.4. The van der Waals surface area contributed by atoms with Crippen molar-refractivity contribution < 1.29 is 5.11 Å². The first-order valence-corrected chi connectivity index (χ1v) is 5.87. The molecule has 4 heteroatoms. The molecule has 2 aromatic rings. The van der Waals surface area contributed by atoms with Crippen LogP contribution in [0.4, 0.5) is 5.69 Å². The number of benzene rings is 1. The van der Waals surface area contributed by atoms with E-state index in [0.717, 1.165) is 37.1 Å². The highest BCUT2D eigenvalue weighted by molar-refractivity contribution is 5.83. The van der Waals surface area contributed by atoms with Crippen molar-refractivity contribution in [3.8, 4) is 5.75 Å². The van der Waals surface area contributed by atoms with Gasteiger partial charge in [0.2, 0.25) is 0 Å². The van der Waals surface area contributed by atoms with Crippen LogP contribution in [-0.4, -0.2) is 36.3 Å². The third-order valence-electron chi connectivity index (χ3n) is 3.14. The Balaban J connectivity index is 1.98. The molecule has 0 radical (unpaired) electrons. The highest BCUT2D eigenvalue weighted by Gasteiger charge is 2.10. The van der Waals surface area contributed by atoms with Gasteiger partial charge in [0.25, 0.3) is 0 Å². The Labute approximate surface area is 99.9 Å². The smallest absolute Gasteiger partial charge is 0.134 e. The van der Waals surface area contributed by atoms with E-state index in [1.54, 1.807) is 6.07 Å². The zero-order valence-corrected chi connectivity index (χ0v) is 9.56. The number of hydrogen-bond donors (Lipinski definition) is 2. The first-order chi connectivity index (χ1) is 8.33. The molecular formula is C13H15N3O. The average Bonchev–Trinajstić information content (AvgIpc) is 2.39. The lowest BCUT2D eigenvalue weighted by Crippen LogP contribution is -2.43. The standard InChI is InChI=1S/C13H15N3O/c17-12-7-10-1-2-11(8-13(10)15-9-12)16-5-3-14-4-6-16/h1-2,7-9,14,17H,3-6H2. The van der Waals surface area contributed by atoms with Crippen molar-refractivity contribution in [3.63, 3.8) is 0 Å². The second-order valence-electron chi connectivity index (χ2n) is 4.31. The van der Waals surface area contributed by atoms with Gasteiger partial charge < -0.3 is 15.3 Å². The molecule has 1 saturated heterocycles. The number of nitrogens with zero attached hydrogens (tertiary/aromatic N) is 2. The van der Waals surface area contributed by atoms with Crippen LogP contribution >= 0.6 is 0 Å². The lowest BCUT2D eigenvalue weighted by Gasteiger charge is -2.29. The highest BCUT2D eigenvalue weighted by Crippen LogP contribution is 2.23. The van der Waals surface area contributed by atoms with Gasteiger partial charge in [-0.2, -0.15) is 0 Å². The molecule has 4 nitrogen and oxygen atoms in total. The predicted molar refractivity (Wildman–Crippen MR) is 68.5 cm³/mol. The summed E-state index contributed by atoms with van der Waals surface area (Å²) in [6.07, 6.45) is 1.49. The number of pyridine rings is 1. The first kappa shape index (κ1) is 10.4. The summed E-state index contributed by atoms with van der Waals surface area (Å²) in [6, 6.07) is 7.93. The van der Waals surface area contributed by atoms with E-state index in [-0.39, 0.29) is 5.75 Å². The van der Waals surface area contributed by atoms with E-state index in [9.17, 15) is 5.11 Å². The Morgan fingerprint density at radius 3 is 2.82 bits per heavy atom. The molecule has 0 atom stereocenters. The monoisotopic (exact) mass is 229 g/mol. The third-order valence-corrected chi connectivity index (χ3v) is 3.14. The molecular weight excluding hydrogens is 214 g/mol. The lowest BCUT2D eigenvalue weighted by atomic mass is 10.1. The number of fused-ring (bicyclic) bond motifs is 1. The number of anilines is 1. The van der Waals surface area contributed by atoms with Crippen molar-refractivity contribution in [3.05, 3.63) is 30.5 Å². The summed E-state index contributed by atoms with van der Waals surface area (Å²) >= 11 is 0. The van der Waals surface area contributed by atoms with Gasteiger partial charge in [-0.25, -0.2) is 0 Å². The van der Waals surface area contributed by atoms with Crippen LogP contribution in [0.3, 0.4) is 0 Å². The Hall–Kier alpha value is -1.81. The fourth-order valence-corrected chi connectivity index (χ4v) is 2.22. The highest BCUT2D eigenvalue weighted by atomic mass is 16.3. The Morgan fingerprint density at radius 2 is 2.00 bits per heavy atom. The van der Waals surface area contributed by atoms with Crippen molar-refractivity contribution >= 4 is 16.6 Å². The van der Waals surface area contributed by atoms with Crippen LogP contribution in [0, 0.1) is 0 Å². The Kier molecular flexibility index (Phi) is 2.57. The average molecular weight is 229 g/mol. The van der Waals surface area contributed by atoms with Crippen molar-refractivity contribution in [1.29, 1.82) is 0 Å². The van der Waals surface area contributed by atoms with Crippen LogP contribution in [-0.2, 0) is 0 Å². The van der Waals surface area contributed by atoms with Gasteiger partial charge in [0.1, 0.15) is 5.75 Å². The van der Waals surface area contributed by atoms with Crippen LogP contribution < -0.4 is 10.2 Å². The molecule has 0 spiro atoms. The Bertz CT molecular complexity index is 535. The van der Waals surface area contributed by atoms with Gasteiger partial charge in [0.15, 0.2) is 0 Å². The summed E-state index contributed by atoms with van der Waals surface area (Å²) in [5, 5.41) is 13.7. The van der Waals surface area contributed by atoms with Crippen molar-refractivity contribution in [1.82, 2.24) is 10.3 Å². The molecule has 0 bridgehead atoms. The van der Waals surface area contributed by atoms with Gasteiger partial charge in [-0.05, 0) is 18.2 Å². The van der Waals surface area contributed by atoms with E-state index in [0.29, 0.717) is 0 Å². The largest absolute Gasteiger partial charge is 0.506 e. The van der Waals surface area contributed by atoms with Gasteiger partial charge in [-0.15, -0.1) is 0 Å². The lowest BCUT2D eigenvalue weighted by molar-refractivity contribution is 0.474. The molecule has 0 aliphatic carbocycles. The maximum Gasteiger partial charge on any atom is 0.134 e. The number of hydrogen-bond acceptors (Lipinski definition) is 4. The molecule has 0 unspecified atom stereocenters. The van der Waals surface area contributed by atoms with Crippen molar-refractivity contribution in [2.24, 2.45) is 0 Å². The number of piperazine rings is 1. The molecule has 1 aromatic carbocycles. The van der Waals surface area contributed by atoms with E-state index < -0.39 is 0 Å². The van der Waals surface area contributed by atoms with E-state index >= 15 is 0 Å². The maximum atomic E-state index is 9.37. The maximum absolute atomic E-state index is 9.37. The summed E-state index contributed by atoms with van der Waals surface area (Å²) in [5.74, 6) is 0.215. The molecule has 1 aliphatic rings. The van der Waals surface area contributed by atoms with Crippen LogP contribution in [0.15, 0.2) is 30.5 Å². The minimum atomic E-state index is 0.215. The van der Waals surface area contributed by atoms with Gasteiger partial charge in [-0.1, -0.05) is 6.07 Å². The van der Waals surface area contributed by atoms with Crippen LogP contribution in [0.25, 0.3) is 10.9 Å². The summed E-state index contributed by atoms with van der Waals surface area (Å²) in [7, 11) is 0. The number of aromatic nitrogens is 1. The SMILES string of the molecule is Oc1cnc2cc(N3CCNCC3)ccc2c1. The molecule has 1 aliphatic heterocycles. The summed E-state index contributed by atoms with van der Waals surface area (Å²) < 4.78 is 0. The van der Waals surface area contributed by atoms with Gasteiger partial charge in [0.05, 0.1) is 11.7 Å². The molecule has 88 valence electrons. The zero-order chi connectivity index (χ0) is 11.7. The third kappa shape index (κ3) is 2.03. The second kappa shape index (κ2) is 4.22. The van der Waals surface area contributed by atoms with Crippen LogP contribution in [0.1, 0.15) is 0 Å². The minimum absolute atomic E-state index is 0.215. The minimum Gasteiger partial charge on any atom is -0.506 e. The predicted octanol–water partition coefficient (Wildman–Crippen LogP) is 1.35. The molecule has 1 aromatic heterocycles. The van der Waals surface area contributed by atoms with E-state index in [1.165, 1.54) is 11.9 Å². The summed E-state index contributed by atoms with van der Waals surface area (Å²) in [6.45, 7) is 4.12. The van der Waals surface area contributed by atoms with Crippen molar-refractivity contribution in [2.75, 3.05) is 31.1 Å². The summed E-state index contributed by atoms with van der Waals surface area (Å²) in [4.78, 5) is 6.60. The Morgan fingerprint density at radius 1 is 1.18 bits per heavy atom. The van der Waals surface area contributed by atoms with Gasteiger partial charge in [0, 0.05) is 37.3 Å². The fourth-order valence-electron chi connectivity index (χ4n) is 2.22. The molecule has 3 rings (SSSR count). The molecule has 0 amide bonds. The summed E-state index contributed by atoms with van der Waals surface area (Å²) in [5.41, 5.74) is 2.14. The van der Waals surface area contributed by atoms with Crippen molar-refractivity contribution in [2.45, 2.75) is 0 Å². The second-order valence-corrected chi connectivity index (χ2v) is 4.31. The van der Waals surface area contributed by atoms with Gasteiger partial charge in [-0.3, -0.25) is 4.98 Å². The number of rotatable bonds is 1. The molecule has 0 saturated carbocycles. The molecule has 2 N–H and O–H groups in total. The quantitative estimate of drug-likeness (QED) is 0.775. The van der Waals surface area contributed by atoms with E-state index in [1.807, 2.05) is 6.07 Å². The van der Waals surface area contributed by atoms with Crippen LogP contribution in [0.2, 0.25) is 0 Å². The fraction of sp³-hybridized carbons (Fsp3) is 0.308. The zero-order valence-electron chi connectivity index (χ0n) is 9.56. The molecule has 2 heterocycles. The first-order valence-electron chi connectivity index (χ1n) is 5.87. The number of aromatic hydroxyl groups is 1. The van der Waals surface area contributed by atoms with Crippen LogP contribution in [0.5, 0.6) is 5.75 Å². The topological polar surface area (TPSA) is 48.4 Å². The molecule has 17 heavy (non-hydrogen) atoms. The van der Waals surface area contributed by atoms with Gasteiger partial charge >= 0.3 is 0 Å². The molecule has 1 fully saturated rings.